The number of amides is 1. The molecule has 1 aromatic heterocycles. The van der Waals surface area contributed by atoms with Crippen LogP contribution in [0.5, 0.6) is 0 Å². The third-order valence-electron chi connectivity index (χ3n) is 2.60. The van der Waals surface area contributed by atoms with Crippen molar-refractivity contribution in [3.8, 4) is 0 Å². The Bertz CT molecular complexity index is 449. The fourth-order valence-electron chi connectivity index (χ4n) is 1.50. The molecule has 0 atom stereocenters. The average Bonchev–Trinajstić information content (AvgIpc) is 2.41. The summed E-state index contributed by atoms with van der Waals surface area (Å²) in [5.74, 6) is 0.0244. The van der Waals surface area contributed by atoms with Gasteiger partial charge in [0.2, 0.25) is 0 Å². The smallest absolute Gasteiger partial charge is 0.370 e. The number of aromatic nitrogens is 1. The van der Waals surface area contributed by atoms with E-state index in [0.29, 0.717) is 12.4 Å². The minimum Gasteiger partial charge on any atom is -0.370 e. The van der Waals surface area contributed by atoms with Crippen molar-refractivity contribution in [1.29, 1.82) is 0 Å². The molecule has 0 bridgehead atoms. The Hall–Kier alpha value is -1.79. The number of anilines is 1. The maximum Gasteiger partial charge on any atom is 0.390 e. The predicted octanol–water partition coefficient (Wildman–Crippen LogP) is 2.93. The Morgan fingerprint density at radius 3 is 2.70 bits per heavy atom. The molecular formula is C13H18F3N3O. The van der Waals surface area contributed by atoms with Gasteiger partial charge in [-0.1, -0.05) is 13.0 Å². The van der Waals surface area contributed by atoms with Gasteiger partial charge < -0.3 is 10.2 Å². The van der Waals surface area contributed by atoms with Crippen LogP contribution in [0, 0.1) is 0 Å². The van der Waals surface area contributed by atoms with Gasteiger partial charge in [-0.15, -0.1) is 0 Å². The van der Waals surface area contributed by atoms with Crippen LogP contribution in [0.3, 0.4) is 0 Å². The second-order valence-corrected chi connectivity index (χ2v) is 4.43. The highest BCUT2D eigenvalue weighted by molar-refractivity contribution is 5.92. The number of rotatable bonds is 6. The molecule has 0 fully saturated rings. The minimum absolute atomic E-state index is 0.135. The molecule has 0 aliphatic carbocycles. The van der Waals surface area contributed by atoms with Crippen LogP contribution < -0.4 is 5.32 Å². The first-order valence-electron chi connectivity index (χ1n) is 6.36. The maximum atomic E-state index is 12.1. The van der Waals surface area contributed by atoms with E-state index in [2.05, 4.69) is 10.3 Å². The lowest BCUT2D eigenvalue weighted by molar-refractivity contribution is -0.136. The first kappa shape index (κ1) is 16.3. The summed E-state index contributed by atoms with van der Waals surface area (Å²) < 4.78 is 36.4. The number of nitrogens with zero attached hydrogens (tertiary/aromatic N) is 2. The molecule has 0 unspecified atom stereocenters. The van der Waals surface area contributed by atoms with Gasteiger partial charge in [-0.05, 0) is 18.6 Å². The highest BCUT2D eigenvalue weighted by Crippen LogP contribution is 2.19. The zero-order valence-electron chi connectivity index (χ0n) is 11.5. The van der Waals surface area contributed by atoms with Gasteiger partial charge in [-0.25, -0.2) is 4.98 Å². The summed E-state index contributed by atoms with van der Waals surface area (Å²) in [5, 5.41) is 3.02. The molecular weight excluding hydrogens is 271 g/mol. The summed E-state index contributed by atoms with van der Waals surface area (Å²) in [5.41, 5.74) is 0.135. The van der Waals surface area contributed by atoms with Gasteiger partial charge >= 0.3 is 6.18 Å². The number of carbonyl (C=O) groups is 1. The Morgan fingerprint density at radius 1 is 1.40 bits per heavy atom. The summed E-state index contributed by atoms with van der Waals surface area (Å²) >= 11 is 0. The highest BCUT2D eigenvalue weighted by Gasteiger charge is 2.28. The lowest BCUT2D eigenvalue weighted by Crippen LogP contribution is -2.31. The number of hydrogen-bond acceptors (Lipinski definition) is 3. The van der Waals surface area contributed by atoms with E-state index in [4.69, 9.17) is 0 Å². The molecule has 20 heavy (non-hydrogen) atoms. The highest BCUT2D eigenvalue weighted by atomic mass is 19.4. The van der Waals surface area contributed by atoms with E-state index in [1.807, 2.05) is 6.92 Å². The number of halogens is 3. The van der Waals surface area contributed by atoms with E-state index < -0.39 is 18.5 Å². The van der Waals surface area contributed by atoms with E-state index in [1.165, 1.54) is 13.1 Å². The summed E-state index contributed by atoms with van der Waals surface area (Å²) in [6.45, 7) is 2.33. The summed E-state index contributed by atoms with van der Waals surface area (Å²) in [6.07, 6.45) is -4.39. The van der Waals surface area contributed by atoms with Gasteiger partial charge in [-0.2, -0.15) is 13.2 Å². The van der Waals surface area contributed by atoms with E-state index in [9.17, 15) is 18.0 Å². The quantitative estimate of drug-likeness (QED) is 0.875. The van der Waals surface area contributed by atoms with E-state index >= 15 is 0 Å². The van der Waals surface area contributed by atoms with Crippen molar-refractivity contribution < 1.29 is 18.0 Å². The van der Waals surface area contributed by atoms with Crippen LogP contribution in [0.2, 0.25) is 0 Å². The lowest BCUT2D eigenvalue weighted by atomic mass is 10.3. The number of carbonyl (C=O) groups excluding carboxylic acids is 1. The molecule has 0 saturated carbocycles. The first-order valence-corrected chi connectivity index (χ1v) is 6.36. The molecule has 0 aromatic carbocycles. The second kappa shape index (κ2) is 7.12. The fraction of sp³-hybridized carbons (Fsp3) is 0.538. The molecule has 1 N–H and O–H groups in total. The topological polar surface area (TPSA) is 45.2 Å². The van der Waals surface area contributed by atoms with Crippen molar-refractivity contribution >= 4 is 11.7 Å². The maximum absolute atomic E-state index is 12.1. The Balaban J connectivity index is 2.66. The fourth-order valence-corrected chi connectivity index (χ4v) is 1.50. The summed E-state index contributed by atoms with van der Waals surface area (Å²) in [7, 11) is 1.34. The van der Waals surface area contributed by atoms with Crippen molar-refractivity contribution in [2.45, 2.75) is 25.9 Å². The molecule has 1 amide bonds. The Labute approximate surface area is 116 Å². The van der Waals surface area contributed by atoms with Crippen LogP contribution >= 0.6 is 0 Å². The molecule has 0 spiro atoms. The number of nitrogens with one attached hydrogen (secondary N) is 1. The van der Waals surface area contributed by atoms with Crippen LogP contribution in [0.1, 0.15) is 30.3 Å². The number of alkyl halides is 3. The number of hydrogen-bond donors (Lipinski definition) is 1. The third kappa shape index (κ3) is 5.46. The van der Waals surface area contributed by atoms with Crippen LogP contribution in [-0.4, -0.2) is 42.1 Å². The molecule has 1 aromatic rings. The van der Waals surface area contributed by atoms with E-state index in [0.717, 1.165) is 11.3 Å². The molecule has 1 rings (SSSR count). The minimum atomic E-state index is -4.27. The zero-order valence-corrected chi connectivity index (χ0v) is 11.5. The molecule has 1 heterocycles. The third-order valence-corrected chi connectivity index (χ3v) is 2.60. The summed E-state index contributed by atoms with van der Waals surface area (Å²) in [6, 6.07) is 4.85. The van der Waals surface area contributed by atoms with Gasteiger partial charge in [0.15, 0.2) is 0 Å². The zero-order chi connectivity index (χ0) is 15.2. The van der Waals surface area contributed by atoms with Gasteiger partial charge in [0.1, 0.15) is 11.5 Å². The average molecular weight is 289 g/mol. The Morgan fingerprint density at radius 2 is 2.10 bits per heavy atom. The molecule has 0 aliphatic heterocycles. The normalized spacial score (nSPS) is 11.2. The van der Waals surface area contributed by atoms with Crippen LogP contribution in [0.25, 0.3) is 0 Å². The summed E-state index contributed by atoms with van der Waals surface area (Å²) in [4.78, 5) is 17.1. The molecule has 112 valence electrons. The van der Waals surface area contributed by atoms with E-state index in [1.54, 1.807) is 12.1 Å². The van der Waals surface area contributed by atoms with Crippen molar-refractivity contribution in [3.63, 3.8) is 0 Å². The SMILES string of the molecule is CCCNc1cccc(C(=O)N(C)CCC(F)(F)F)n1. The van der Waals surface area contributed by atoms with Gasteiger partial charge in [-0.3, -0.25) is 4.79 Å². The first-order chi connectivity index (χ1) is 9.33. The molecule has 0 saturated heterocycles. The van der Waals surface area contributed by atoms with Crippen molar-refractivity contribution in [2.75, 3.05) is 25.5 Å². The standard InChI is InChI=1S/C13H18F3N3O/c1-3-8-17-11-6-4-5-10(18-11)12(20)19(2)9-7-13(14,15)16/h4-6H,3,7-9H2,1-2H3,(H,17,18). The number of pyridine rings is 1. The Kier molecular flexibility index (Phi) is 5.79. The second-order valence-electron chi connectivity index (χ2n) is 4.43. The van der Waals surface area contributed by atoms with Crippen molar-refractivity contribution in [3.05, 3.63) is 23.9 Å². The largest absolute Gasteiger partial charge is 0.390 e. The van der Waals surface area contributed by atoms with Crippen LogP contribution in [0.4, 0.5) is 19.0 Å². The molecule has 0 radical (unpaired) electrons. The van der Waals surface area contributed by atoms with Gasteiger partial charge in [0.05, 0.1) is 6.42 Å². The van der Waals surface area contributed by atoms with Crippen LogP contribution in [0.15, 0.2) is 18.2 Å². The molecule has 4 nitrogen and oxygen atoms in total. The molecule has 7 heteroatoms. The van der Waals surface area contributed by atoms with Gasteiger partial charge in [0, 0.05) is 20.1 Å². The van der Waals surface area contributed by atoms with Crippen molar-refractivity contribution in [1.82, 2.24) is 9.88 Å². The van der Waals surface area contributed by atoms with Crippen LogP contribution in [-0.2, 0) is 0 Å². The van der Waals surface area contributed by atoms with Crippen molar-refractivity contribution in [2.24, 2.45) is 0 Å². The monoisotopic (exact) mass is 289 g/mol. The van der Waals surface area contributed by atoms with E-state index in [-0.39, 0.29) is 12.2 Å². The lowest BCUT2D eigenvalue weighted by Gasteiger charge is -2.18. The molecule has 0 aliphatic rings. The van der Waals surface area contributed by atoms with Gasteiger partial charge in [0.25, 0.3) is 5.91 Å². The predicted molar refractivity (Wildman–Crippen MR) is 70.7 cm³/mol.